The third-order valence-corrected chi connectivity index (χ3v) is 6.33. The highest BCUT2D eigenvalue weighted by atomic mass is 32.2. The second-order valence-corrected chi connectivity index (χ2v) is 10.6. The molecule has 0 aliphatic carbocycles. The van der Waals surface area contributed by atoms with Gasteiger partial charge >= 0.3 is 6.18 Å². The number of benzene rings is 1. The molecule has 1 aliphatic heterocycles. The molecule has 4 rings (SSSR count). The van der Waals surface area contributed by atoms with Crippen molar-refractivity contribution in [2.45, 2.75) is 23.9 Å². The lowest BCUT2D eigenvalue weighted by molar-refractivity contribution is -0.137. The van der Waals surface area contributed by atoms with Crippen LogP contribution in [0.3, 0.4) is 0 Å². The highest BCUT2D eigenvalue weighted by Crippen LogP contribution is 2.31. The van der Waals surface area contributed by atoms with Crippen molar-refractivity contribution in [1.29, 1.82) is 0 Å². The van der Waals surface area contributed by atoms with E-state index in [1.54, 1.807) is 24.0 Å². The Morgan fingerprint density at radius 2 is 1.66 bits per heavy atom. The lowest BCUT2D eigenvalue weighted by Gasteiger charge is -2.23. The first-order chi connectivity index (χ1) is 16.5. The lowest BCUT2D eigenvalue weighted by Crippen LogP contribution is -2.28. The van der Waals surface area contributed by atoms with Crippen molar-refractivity contribution in [2.75, 3.05) is 42.1 Å². The number of alkyl halides is 3. The molecule has 1 aromatic carbocycles. The SMILES string of the molecule is CS(=O)(=O)c1cccnc1N1CCc2ncnc(Nc3ccc(C(F)(F)F)cc3)c2CC1.CSC. The van der Waals surface area contributed by atoms with E-state index in [0.29, 0.717) is 43.3 Å². The molecule has 35 heavy (non-hydrogen) atoms. The zero-order chi connectivity index (χ0) is 25.6. The Hall–Kier alpha value is -2.86. The first-order valence-corrected chi connectivity index (χ1v) is 14.1. The van der Waals surface area contributed by atoms with Crippen molar-refractivity contribution >= 4 is 38.9 Å². The number of nitrogens with zero attached hydrogens (tertiary/aromatic N) is 4. The summed E-state index contributed by atoms with van der Waals surface area (Å²) in [4.78, 5) is 15.0. The molecule has 0 unspecified atom stereocenters. The van der Waals surface area contributed by atoms with Crippen LogP contribution in [0.1, 0.15) is 16.8 Å². The van der Waals surface area contributed by atoms with Crippen LogP contribution in [0.25, 0.3) is 0 Å². The molecule has 0 saturated carbocycles. The average Bonchev–Trinajstić information content (AvgIpc) is 3.02. The number of halogens is 3. The standard InChI is InChI=1S/C21H20F3N5O2S.C2H6S/c1-32(30,31)18-3-2-10-25-20(18)29-11-8-16-17(9-12-29)26-13-27-19(16)28-15-6-4-14(5-7-15)21(22,23)24;1-3-2/h2-7,10,13H,8-9,11-12H2,1H3,(H,26,27,28);1-2H3. The van der Waals surface area contributed by atoms with E-state index in [9.17, 15) is 21.6 Å². The Kier molecular flexibility index (Phi) is 8.60. The maximum Gasteiger partial charge on any atom is 0.416 e. The van der Waals surface area contributed by atoms with Crippen LogP contribution in [-0.4, -0.2) is 55.2 Å². The Labute approximate surface area is 207 Å². The Morgan fingerprint density at radius 3 is 2.29 bits per heavy atom. The van der Waals surface area contributed by atoms with Gasteiger partial charge in [-0.1, -0.05) is 0 Å². The van der Waals surface area contributed by atoms with Crippen molar-refractivity contribution in [3.8, 4) is 0 Å². The molecule has 0 spiro atoms. The van der Waals surface area contributed by atoms with Crippen molar-refractivity contribution < 1.29 is 21.6 Å². The summed E-state index contributed by atoms with van der Waals surface area (Å²) in [6.07, 6.45) is 4.85. The molecule has 188 valence electrons. The highest BCUT2D eigenvalue weighted by molar-refractivity contribution is 7.97. The van der Waals surface area contributed by atoms with Crippen LogP contribution in [0, 0.1) is 0 Å². The van der Waals surface area contributed by atoms with Gasteiger partial charge in [-0.3, -0.25) is 0 Å². The molecular weight excluding hydrogens is 499 g/mol. The minimum Gasteiger partial charge on any atom is -0.355 e. The molecule has 2 aromatic heterocycles. The molecule has 1 N–H and O–H groups in total. The van der Waals surface area contributed by atoms with Gasteiger partial charge in [-0.15, -0.1) is 0 Å². The lowest BCUT2D eigenvalue weighted by atomic mass is 10.1. The van der Waals surface area contributed by atoms with Gasteiger partial charge in [0.2, 0.25) is 0 Å². The summed E-state index contributed by atoms with van der Waals surface area (Å²) < 4.78 is 62.8. The van der Waals surface area contributed by atoms with Crippen LogP contribution < -0.4 is 10.2 Å². The van der Waals surface area contributed by atoms with E-state index in [-0.39, 0.29) is 4.90 Å². The number of thioether (sulfide) groups is 1. The predicted molar refractivity (Wildman–Crippen MR) is 133 cm³/mol. The zero-order valence-corrected chi connectivity index (χ0v) is 21.1. The molecule has 1 aliphatic rings. The summed E-state index contributed by atoms with van der Waals surface area (Å²) in [7, 11) is -3.45. The van der Waals surface area contributed by atoms with E-state index in [4.69, 9.17) is 0 Å². The first kappa shape index (κ1) is 26.7. The van der Waals surface area contributed by atoms with Crippen LogP contribution >= 0.6 is 11.8 Å². The van der Waals surface area contributed by atoms with E-state index < -0.39 is 21.6 Å². The summed E-state index contributed by atoms with van der Waals surface area (Å²) >= 11 is 1.75. The van der Waals surface area contributed by atoms with E-state index >= 15 is 0 Å². The number of anilines is 3. The molecule has 3 heterocycles. The van der Waals surface area contributed by atoms with Gasteiger partial charge in [-0.25, -0.2) is 23.4 Å². The van der Waals surface area contributed by atoms with Crippen LogP contribution in [0.5, 0.6) is 0 Å². The Balaban J connectivity index is 0.00000108. The number of aromatic nitrogens is 3. The van der Waals surface area contributed by atoms with Gasteiger partial charge in [0.15, 0.2) is 9.84 Å². The monoisotopic (exact) mass is 525 g/mol. The van der Waals surface area contributed by atoms with Gasteiger partial charge in [0.05, 0.1) is 11.3 Å². The van der Waals surface area contributed by atoms with Gasteiger partial charge in [0.25, 0.3) is 0 Å². The summed E-state index contributed by atoms with van der Waals surface area (Å²) in [5, 5.41) is 3.08. The van der Waals surface area contributed by atoms with E-state index in [0.717, 1.165) is 29.6 Å². The van der Waals surface area contributed by atoms with Crippen LogP contribution in [0.2, 0.25) is 0 Å². The van der Waals surface area contributed by atoms with E-state index in [1.165, 1.54) is 24.5 Å². The summed E-state index contributed by atoms with van der Waals surface area (Å²) in [6.45, 7) is 1.00. The fraction of sp³-hybridized carbons (Fsp3) is 0.348. The molecule has 0 atom stereocenters. The largest absolute Gasteiger partial charge is 0.416 e. The predicted octanol–water partition coefficient (Wildman–Crippen LogP) is 4.62. The first-order valence-electron chi connectivity index (χ1n) is 10.6. The topological polar surface area (TPSA) is 88.1 Å². The number of nitrogens with one attached hydrogen (secondary N) is 1. The molecule has 0 amide bonds. The molecule has 0 radical (unpaired) electrons. The number of rotatable bonds is 4. The third-order valence-electron chi connectivity index (χ3n) is 5.21. The van der Waals surface area contributed by atoms with Crippen molar-refractivity contribution in [3.05, 3.63) is 65.7 Å². The van der Waals surface area contributed by atoms with Gasteiger partial charge in [0.1, 0.15) is 22.9 Å². The molecule has 0 saturated heterocycles. The highest BCUT2D eigenvalue weighted by Gasteiger charge is 2.30. The number of fused-ring (bicyclic) bond motifs is 1. The Bertz CT molecular complexity index is 1250. The number of hydrogen-bond donors (Lipinski definition) is 1. The molecule has 0 bridgehead atoms. The molecule has 12 heteroatoms. The minimum atomic E-state index is -4.40. The Morgan fingerprint density at radius 1 is 1.00 bits per heavy atom. The summed E-state index contributed by atoms with van der Waals surface area (Å²) in [5.41, 5.74) is 1.39. The second kappa shape index (κ2) is 11.3. The average molecular weight is 526 g/mol. The van der Waals surface area contributed by atoms with Crippen molar-refractivity contribution in [3.63, 3.8) is 0 Å². The maximum atomic E-state index is 12.8. The second-order valence-electron chi connectivity index (χ2n) is 7.84. The summed E-state index contributed by atoms with van der Waals surface area (Å²) in [6, 6.07) is 7.85. The summed E-state index contributed by atoms with van der Waals surface area (Å²) in [5.74, 6) is 0.911. The van der Waals surface area contributed by atoms with Crippen LogP contribution in [0.4, 0.5) is 30.5 Å². The quantitative estimate of drug-likeness (QED) is 0.528. The van der Waals surface area contributed by atoms with Gasteiger partial charge < -0.3 is 10.2 Å². The van der Waals surface area contributed by atoms with Crippen LogP contribution in [0.15, 0.2) is 53.8 Å². The molecule has 3 aromatic rings. The van der Waals surface area contributed by atoms with Gasteiger partial charge in [0, 0.05) is 43.2 Å². The minimum absolute atomic E-state index is 0.167. The normalized spacial score (nSPS) is 13.8. The van der Waals surface area contributed by atoms with Gasteiger partial charge in [-0.2, -0.15) is 24.9 Å². The fourth-order valence-electron chi connectivity index (χ4n) is 3.63. The number of sulfone groups is 1. The number of pyridine rings is 1. The zero-order valence-electron chi connectivity index (χ0n) is 19.5. The van der Waals surface area contributed by atoms with Crippen molar-refractivity contribution in [1.82, 2.24) is 15.0 Å². The number of hydrogen-bond acceptors (Lipinski definition) is 8. The molecule has 7 nitrogen and oxygen atoms in total. The molecular formula is C23H26F3N5O2S2. The smallest absolute Gasteiger partial charge is 0.355 e. The van der Waals surface area contributed by atoms with Crippen LogP contribution in [-0.2, 0) is 28.9 Å². The van der Waals surface area contributed by atoms with E-state index in [2.05, 4.69) is 20.3 Å². The van der Waals surface area contributed by atoms with Gasteiger partial charge in [-0.05, 0) is 55.3 Å². The fourth-order valence-corrected chi connectivity index (χ4v) is 4.47. The van der Waals surface area contributed by atoms with E-state index in [1.807, 2.05) is 17.4 Å². The third kappa shape index (κ3) is 6.85. The maximum absolute atomic E-state index is 12.8. The van der Waals surface area contributed by atoms with Crippen molar-refractivity contribution in [2.24, 2.45) is 0 Å². The molecule has 0 fully saturated rings.